The minimum absolute atomic E-state index is 0.328. The molecule has 0 heterocycles. The number of aliphatic hydroxyl groups is 2. The van der Waals surface area contributed by atoms with Crippen LogP contribution in [0, 0.1) is 0 Å². The van der Waals surface area contributed by atoms with Crippen molar-refractivity contribution in [3.8, 4) is 0 Å². The van der Waals surface area contributed by atoms with E-state index in [-0.39, 0.29) is 5.78 Å². The van der Waals surface area contributed by atoms with Gasteiger partial charge in [0.1, 0.15) is 6.10 Å². The van der Waals surface area contributed by atoms with E-state index in [0.717, 1.165) is 0 Å². The molecule has 0 aliphatic heterocycles. The zero-order valence-corrected chi connectivity index (χ0v) is 6.45. The average Bonchev–Trinajstić information content (AvgIpc) is 1.99. The van der Waals surface area contributed by atoms with Gasteiger partial charge in [-0.2, -0.15) is 0 Å². The second-order valence-electron chi connectivity index (χ2n) is 2.72. The molecule has 1 fully saturated rings. The van der Waals surface area contributed by atoms with Crippen LogP contribution < -0.4 is 0 Å². The number of aliphatic hydroxyl groups excluding tert-OH is 2. The van der Waals surface area contributed by atoms with Crippen LogP contribution in [-0.2, 0) is 4.79 Å². The van der Waals surface area contributed by atoms with E-state index < -0.39 is 12.2 Å². The highest BCUT2D eigenvalue weighted by molar-refractivity contribution is 6.00. The second kappa shape index (κ2) is 3.15. The largest absolute Gasteiger partial charge is 0.388 e. The van der Waals surface area contributed by atoms with Gasteiger partial charge in [-0.1, -0.05) is 6.08 Å². The van der Waals surface area contributed by atoms with Crippen LogP contribution in [0.25, 0.3) is 0 Å². The summed E-state index contributed by atoms with van der Waals surface area (Å²) in [7, 11) is 0. The van der Waals surface area contributed by atoms with Crippen LogP contribution in [0.5, 0.6) is 0 Å². The highest BCUT2D eigenvalue weighted by Gasteiger charge is 2.29. The maximum absolute atomic E-state index is 11.1. The second-order valence-corrected chi connectivity index (χ2v) is 2.72. The van der Waals surface area contributed by atoms with Crippen molar-refractivity contribution in [1.29, 1.82) is 0 Å². The van der Waals surface area contributed by atoms with E-state index in [1.165, 1.54) is 0 Å². The van der Waals surface area contributed by atoms with Gasteiger partial charge in [0.15, 0.2) is 5.78 Å². The molecule has 0 aromatic heterocycles. The van der Waals surface area contributed by atoms with Crippen molar-refractivity contribution in [1.82, 2.24) is 0 Å². The number of hydrogen-bond acceptors (Lipinski definition) is 3. The Morgan fingerprint density at radius 3 is 2.36 bits per heavy atom. The first-order chi connectivity index (χ1) is 5.16. The highest BCUT2D eigenvalue weighted by Crippen LogP contribution is 2.20. The third kappa shape index (κ3) is 1.49. The van der Waals surface area contributed by atoms with Gasteiger partial charge >= 0.3 is 0 Å². The van der Waals surface area contributed by atoms with Gasteiger partial charge in [-0.15, -0.1) is 0 Å². The Kier molecular flexibility index (Phi) is 2.42. The Morgan fingerprint density at radius 1 is 1.36 bits per heavy atom. The standard InChI is InChI=1S/C8H12O3/c1-2-5-6(9)3-4-7(10)8(5)11/h2,6-7,9-10H,3-4H2,1H3/b5-2+. The van der Waals surface area contributed by atoms with Crippen LogP contribution in [0.2, 0.25) is 0 Å². The molecule has 0 saturated heterocycles. The van der Waals surface area contributed by atoms with Crippen molar-refractivity contribution >= 4 is 5.78 Å². The summed E-state index contributed by atoms with van der Waals surface area (Å²) in [6.45, 7) is 1.69. The summed E-state index contributed by atoms with van der Waals surface area (Å²) in [6.07, 6.45) is 0.847. The average molecular weight is 156 g/mol. The molecule has 0 radical (unpaired) electrons. The van der Waals surface area contributed by atoms with Gasteiger partial charge in [-0.05, 0) is 19.8 Å². The van der Waals surface area contributed by atoms with E-state index in [1.807, 2.05) is 0 Å². The number of Topliss-reactive ketones (excluding diaryl/α,β-unsaturated/α-hetero) is 1. The Morgan fingerprint density at radius 2 is 1.91 bits per heavy atom. The maximum Gasteiger partial charge on any atom is 0.189 e. The summed E-state index contributed by atoms with van der Waals surface area (Å²) in [5.74, 6) is -0.328. The molecule has 1 rings (SSSR count). The van der Waals surface area contributed by atoms with Gasteiger partial charge in [0.25, 0.3) is 0 Å². The summed E-state index contributed by atoms with van der Waals surface area (Å²) >= 11 is 0. The van der Waals surface area contributed by atoms with E-state index >= 15 is 0 Å². The first-order valence-electron chi connectivity index (χ1n) is 3.73. The lowest BCUT2D eigenvalue weighted by Gasteiger charge is -2.22. The zero-order valence-electron chi connectivity index (χ0n) is 6.45. The molecule has 11 heavy (non-hydrogen) atoms. The molecule has 0 bridgehead atoms. The van der Waals surface area contributed by atoms with Crippen molar-refractivity contribution < 1.29 is 15.0 Å². The van der Waals surface area contributed by atoms with Crippen LogP contribution in [0.15, 0.2) is 11.6 Å². The molecule has 3 heteroatoms. The van der Waals surface area contributed by atoms with Crippen LogP contribution in [0.4, 0.5) is 0 Å². The van der Waals surface area contributed by atoms with Gasteiger partial charge < -0.3 is 10.2 Å². The summed E-state index contributed by atoms with van der Waals surface area (Å²) in [6, 6.07) is 0. The molecule has 2 N–H and O–H groups in total. The highest BCUT2D eigenvalue weighted by atomic mass is 16.3. The first kappa shape index (κ1) is 8.43. The lowest BCUT2D eigenvalue weighted by molar-refractivity contribution is -0.126. The Bertz CT molecular complexity index is 196. The fourth-order valence-corrected chi connectivity index (χ4v) is 1.29. The van der Waals surface area contributed by atoms with E-state index in [0.29, 0.717) is 18.4 Å². The molecule has 0 aromatic carbocycles. The maximum atomic E-state index is 11.1. The minimum atomic E-state index is -0.899. The van der Waals surface area contributed by atoms with Crippen molar-refractivity contribution in [2.75, 3.05) is 0 Å². The van der Waals surface area contributed by atoms with Crippen LogP contribution >= 0.6 is 0 Å². The molecule has 2 unspecified atom stereocenters. The Labute approximate surface area is 65.3 Å². The third-order valence-corrected chi connectivity index (χ3v) is 1.97. The molecule has 62 valence electrons. The number of allylic oxidation sites excluding steroid dienone is 1. The Balaban J connectivity index is 2.80. The number of carbonyl (C=O) groups excluding carboxylic acids is 1. The van der Waals surface area contributed by atoms with Crippen LogP contribution in [-0.4, -0.2) is 28.2 Å². The van der Waals surface area contributed by atoms with Gasteiger partial charge in [-0.25, -0.2) is 0 Å². The smallest absolute Gasteiger partial charge is 0.189 e. The zero-order chi connectivity index (χ0) is 8.43. The molecule has 0 aromatic rings. The molecule has 2 atom stereocenters. The van der Waals surface area contributed by atoms with E-state index in [1.54, 1.807) is 13.0 Å². The molecule has 3 nitrogen and oxygen atoms in total. The number of ketones is 1. The van der Waals surface area contributed by atoms with Crippen molar-refractivity contribution in [2.24, 2.45) is 0 Å². The minimum Gasteiger partial charge on any atom is -0.388 e. The molecule has 0 amide bonds. The molecular weight excluding hydrogens is 144 g/mol. The quantitative estimate of drug-likeness (QED) is 0.486. The summed E-state index contributed by atoms with van der Waals surface area (Å²) in [4.78, 5) is 11.1. The normalized spacial score (nSPS) is 36.3. The third-order valence-electron chi connectivity index (χ3n) is 1.97. The SMILES string of the molecule is C/C=C1/C(=O)C(O)CCC1O. The summed E-state index contributed by atoms with van der Waals surface area (Å²) < 4.78 is 0. The first-order valence-corrected chi connectivity index (χ1v) is 3.73. The topological polar surface area (TPSA) is 57.5 Å². The number of carbonyl (C=O) groups is 1. The summed E-state index contributed by atoms with van der Waals surface area (Å²) in [5, 5.41) is 18.4. The van der Waals surface area contributed by atoms with Crippen molar-refractivity contribution in [2.45, 2.75) is 32.0 Å². The molecule has 1 aliphatic carbocycles. The van der Waals surface area contributed by atoms with E-state index in [9.17, 15) is 9.90 Å². The van der Waals surface area contributed by atoms with Gasteiger partial charge in [0.05, 0.1) is 6.10 Å². The van der Waals surface area contributed by atoms with Crippen LogP contribution in [0.3, 0.4) is 0 Å². The Hall–Kier alpha value is -0.670. The fraction of sp³-hybridized carbons (Fsp3) is 0.625. The van der Waals surface area contributed by atoms with E-state index in [2.05, 4.69) is 0 Å². The monoisotopic (exact) mass is 156 g/mol. The van der Waals surface area contributed by atoms with Crippen LogP contribution in [0.1, 0.15) is 19.8 Å². The van der Waals surface area contributed by atoms with Crippen molar-refractivity contribution in [3.63, 3.8) is 0 Å². The molecule has 1 aliphatic rings. The molecular formula is C8H12O3. The molecule has 1 saturated carbocycles. The van der Waals surface area contributed by atoms with Gasteiger partial charge in [-0.3, -0.25) is 4.79 Å². The number of rotatable bonds is 0. The van der Waals surface area contributed by atoms with E-state index in [4.69, 9.17) is 5.11 Å². The number of hydrogen-bond donors (Lipinski definition) is 2. The fourth-order valence-electron chi connectivity index (χ4n) is 1.29. The molecule has 0 spiro atoms. The lowest BCUT2D eigenvalue weighted by atomic mass is 9.89. The summed E-state index contributed by atoms with van der Waals surface area (Å²) in [5.41, 5.74) is 0.351. The van der Waals surface area contributed by atoms with Gasteiger partial charge in [0, 0.05) is 5.57 Å². The van der Waals surface area contributed by atoms with Gasteiger partial charge in [0.2, 0.25) is 0 Å². The predicted octanol–water partition coefficient (Wildman–Crippen LogP) is 0.0174. The lowest BCUT2D eigenvalue weighted by Crippen LogP contribution is -2.34. The predicted molar refractivity (Wildman–Crippen MR) is 40.0 cm³/mol. The van der Waals surface area contributed by atoms with Crippen molar-refractivity contribution in [3.05, 3.63) is 11.6 Å².